The van der Waals surface area contributed by atoms with Gasteiger partial charge in [-0.25, -0.2) is 4.98 Å². The summed E-state index contributed by atoms with van der Waals surface area (Å²) in [5.74, 6) is 0.392. The van der Waals surface area contributed by atoms with Gasteiger partial charge in [-0.2, -0.15) is 13.2 Å². The summed E-state index contributed by atoms with van der Waals surface area (Å²) in [4.78, 5) is 4.21. The molecule has 0 aromatic carbocycles. The van der Waals surface area contributed by atoms with Crippen LogP contribution in [0.15, 0.2) is 6.20 Å². The molecule has 0 radical (unpaired) electrons. The first-order valence-corrected chi connectivity index (χ1v) is 8.13. The number of halogens is 3. The smallest absolute Gasteiger partial charge is 0.309 e. The summed E-state index contributed by atoms with van der Waals surface area (Å²) in [6, 6.07) is -0.0622. The Bertz CT molecular complexity index is 435. The summed E-state index contributed by atoms with van der Waals surface area (Å²) in [6.45, 7) is 11.4. The van der Waals surface area contributed by atoms with E-state index in [1.807, 2.05) is 6.92 Å². The van der Waals surface area contributed by atoms with Crippen molar-refractivity contribution < 1.29 is 13.2 Å². The molecule has 1 rings (SSSR count). The number of nitrogens with zero attached hydrogens (tertiary/aromatic N) is 1. The van der Waals surface area contributed by atoms with Crippen molar-refractivity contribution in [3.8, 4) is 0 Å². The Kier molecular flexibility index (Phi) is 6.23. The Morgan fingerprint density at radius 3 is 2.33 bits per heavy atom. The molecule has 0 aliphatic rings. The van der Waals surface area contributed by atoms with Gasteiger partial charge in [0.05, 0.1) is 0 Å². The van der Waals surface area contributed by atoms with E-state index in [9.17, 15) is 13.2 Å². The molecule has 0 amide bonds. The van der Waals surface area contributed by atoms with E-state index in [0.717, 1.165) is 30.7 Å². The SMILES string of the molecule is CCCNC(CC(C)C(C)(C)C)c1cnc(C(F)(F)F)s1. The molecular formula is C15H25F3N2S. The average Bonchev–Trinajstić information content (AvgIpc) is 2.82. The summed E-state index contributed by atoms with van der Waals surface area (Å²) in [5, 5.41) is 2.60. The van der Waals surface area contributed by atoms with Gasteiger partial charge in [0.1, 0.15) is 0 Å². The maximum atomic E-state index is 12.7. The van der Waals surface area contributed by atoms with Gasteiger partial charge in [-0.1, -0.05) is 34.6 Å². The molecule has 1 heterocycles. The highest BCUT2D eigenvalue weighted by atomic mass is 32.1. The van der Waals surface area contributed by atoms with Crippen molar-refractivity contribution in [2.75, 3.05) is 6.54 Å². The zero-order valence-electron chi connectivity index (χ0n) is 13.3. The van der Waals surface area contributed by atoms with Crippen molar-refractivity contribution in [1.82, 2.24) is 10.3 Å². The number of alkyl halides is 3. The molecule has 0 aliphatic carbocycles. The number of thiazole rings is 1. The average molecular weight is 322 g/mol. The minimum absolute atomic E-state index is 0.0622. The van der Waals surface area contributed by atoms with Crippen LogP contribution in [0.1, 0.15) is 63.4 Å². The summed E-state index contributed by atoms with van der Waals surface area (Å²) >= 11 is 0.752. The van der Waals surface area contributed by atoms with E-state index in [4.69, 9.17) is 0 Å². The molecule has 1 N–H and O–H groups in total. The molecule has 2 nitrogen and oxygen atoms in total. The quantitative estimate of drug-likeness (QED) is 0.771. The van der Waals surface area contributed by atoms with Crippen molar-refractivity contribution in [3.05, 3.63) is 16.1 Å². The summed E-state index contributed by atoms with van der Waals surface area (Å²) in [6.07, 6.45) is -1.22. The minimum Gasteiger partial charge on any atom is -0.309 e. The maximum Gasteiger partial charge on any atom is 0.443 e. The highest BCUT2D eigenvalue weighted by Crippen LogP contribution is 2.38. The Morgan fingerprint density at radius 1 is 1.29 bits per heavy atom. The van der Waals surface area contributed by atoms with E-state index in [-0.39, 0.29) is 11.5 Å². The molecule has 1 aromatic heterocycles. The molecule has 0 fully saturated rings. The lowest BCUT2D eigenvalue weighted by Gasteiger charge is -2.30. The largest absolute Gasteiger partial charge is 0.443 e. The van der Waals surface area contributed by atoms with Crippen LogP contribution in [0.5, 0.6) is 0 Å². The molecule has 122 valence electrons. The van der Waals surface area contributed by atoms with Gasteiger partial charge < -0.3 is 5.32 Å². The predicted molar refractivity (Wildman–Crippen MR) is 81.4 cm³/mol. The van der Waals surface area contributed by atoms with Crippen LogP contribution in [-0.2, 0) is 6.18 Å². The van der Waals surface area contributed by atoms with Gasteiger partial charge in [0.2, 0.25) is 0 Å². The topological polar surface area (TPSA) is 24.9 Å². The molecule has 0 saturated carbocycles. The molecule has 6 heteroatoms. The van der Waals surface area contributed by atoms with Crippen LogP contribution in [0.25, 0.3) is 0 Å². The summed E-state index contributed by atoms with van der Waals surface area (Å²) < 4.78 is 38.1. The highest BCUT2D eigenvalue weighted by molar-refractivity contribution is 7.11. The zero-order chi connectivity index (χ0) is 16.3. The fraction of sp³-hybridized carbons (Fsp3) is 0.800. The molecular weight excluding hydrogens is 297 g/mol. The summed E-state index contributed by atoms with van der Waals surface area (Å²) in [5.41, 5.74) is 0.129. The lowest BCUT2D eigenvalue weighted by atomic mass is 9.78. The van der Waals surface area contributed by atoms with Crippen LogP contribution in [0.2, 0.25) is 0 Å². The van der Waals surface area contributed by atoms with Gasteiger partial charge in [0.15, 0.2) is 5.01 Å². The van der Waals surface area contributed by atoms with Gasteiger partial charge >= 0.3 is 6.18 Å². The molecule has 0 saturated heterocycles. The first kappa shape index (κ1) is 18.4. The van der Waals surface area contributed by atoms with Gasteiger partial charge in [0.25, 0.3) is 0 Å². The van der Waals surface area contributed by atoms with Crippen LogP contribution in [0.4, 0.5) is 13.2 Å². The van der Waals surface area contributed by atoms with Gasteiger partial charge in [-0.3, -0.25) is 0 Å². The first-order chi connectivity index (χ1) is 9.55. The lowest BCUT2D eigenvalue weighted by molar-refractivity contribution is -0.137. The molecule has 0 bridgehead atoms. The Morgan fingerprint density at radius 2 is 1.90 bits per heavy atom. The van der Waals surface area contributed by atoms with Crippen molar-refractivity contribution in [2.24, 2.45) is 11.3 Å². The number of hydrogen-bond donors (Lipinski definition) is 1. The molecule has 0 spiro atoms. The van der Waals surface area contributed by atoms with Crippen LogP contribution in [-0.4, -0.2) is 11.5 Å². The summed E-state index contributed by atoms with van der Waals surface area (Å²) in [7, 11) is 0. The molecule has 21 heavy (non-hydrogen) atoms. The number of rotatable bonds is 6. The third kappa shape index (κ3) is 5.58. The van der Waals surface area contributed by atoms with Crippen molar-refractivity contribution in [1.29, 1.82) is 0 Å². The molecule has 2 unspecified atom stereocenters. The Balaban J connectivity index is 2.89. The second kappa shape index (κ2) is 7.09. The lowest BCUT2D eigenvalue weighted by Crippen LogP contribution is -2.27. The van der Waals surface area contributed by atoms with E-state index in [1.165, 1.54) is 6.20 Å². The first-order valence-electron chi connectivity index (χ1n) is 7.32. The van der Waals surface area contributed by atoms with Crippen LogP contribution >= 0.6 is 11.3 Å². The fourth-order valence-electron chi connectivity index (χ4n) is 1.90. The van der Waals surface area contributed by atoms with Gasteiger partial charge in [-0.15, -0.1) is 11.3 Å². The number of nitrogens with one attached hydrogen (secondary N) is 1. The maximum absolute atomic E-state index is 12.7. The third-order valence-electron chi connectivity index (χ3n) is 3.82. The van der Waals surface area contributed by atoms with Gasteiger partial charge in [-0.05, 0) is 30.7 Å². The molecule has 2 atom stereocenters. The monoisotopic (exact) mass is 322 g/mol. The molecule has 0 aliphatic heterocycles. The minimum atomic E-state index is -4.35. The van der Waals surface area contributed by atoms with Crippen molar-refractivity contribution in [3.63, 3.8) is 0 Å². The number of aromatic nitrogens is 1. The van der Waals surface area contributed by atoms with Crippen molar-refractivity contribution in [2.45, 2.75) is 59.7 Å². The van der Waals surface area contributed by atoms with Crippen molar-refractivity contribution >= 4 is 11.3 Å². The van der Waals surface area contributed by atoms with E-state index < -0.39 is 11.2 Å². The Labute approximate surface area is 129 Å². The second-order valence-corrected chi connectivity index (χ2v) is 7.64. The van der Waals surface area contributed by atoms with E-state index in [0.29, 0.717) is 10.8 Å². The van der Waals surface area contributed by atoms with Crippen LogP contribution in [0, 0.1) is 11.3 Å². The molecule has 1 aromatic rings. The zero-order valence-corrected chi connectivity index (χ0v) is 14.2. The highest BCUT2D eigenvalue weighted by Gasteiger charge is 2.35. The normalized spacial score (nSPS) is 16.0. The van der Waals surface area contributed by atoms with E-state index in [1.54, 1.807) is 0 Å². The number of hydrogen-bond acceptors (Lipinski definition) is 3. The van der Waals surface area contributed by atoms with Crippen LogP contribution in [0.3, 0.4) is 0 Å². The second-order valence-electron chi connectivity index (χ2n) is 6.58. The van der Waals surface area contributed by atoms with E-state index >= 15 is 0 Å². The van der Waals surface area contributed by atoms with Gasteiger partial charge in [0, 0.05) is 17.1 Å². The van der Waals surface area contributed by atoms with Crippen LogP contribution < -0.4 is 5.32 Å². The third-order valence-corrected chi connectivity index (χ3v) is 4.97. The Hall–Kier alpha value is -0.620. The standard InChI is InChI=1S/C15H25F3N2S/c1-6-7-19-11(8-10(2)14(3,4)5)12-9-20-13(21-12)15(16,17)18/h9-11,19H,6-8H2,1-5H3. The fourth-order valence-corrected chi connectivity index (χ4v) is 2.78. The van der Waals surface area contributed by atoms with E-state index in [2.05, 4.69) is 38.0 Å². The predicted octanol–water partition coefficient (Wildman–Crippen LogP) is 5.27.